The summed E-state index contributed by atoms with van der Waals surface area (Å²) in [6.45, 7) is 2.31. The Labute approximate surface area is 79.0 Å². The van der Waals surface area contributed by atoms with E-state index in [4.69, 9.17) is 0 Å². The van der Waals surface area contributed by atoms with E-state index in [1.54, 1.807) is 0 Å². The number of nitrogens with zero attached hydrogens (tertiary/aromatic N) is 2. The van der Waals surface area contributed by atoms with Crippen LogP contribution in [0, 0.1) is 0 Å². The van der Waals surface area contributed by atoms with Gasteiger partial charge in [0, 0.05) is 19.3 Å². The van der Waals surface area contributed by atoms with E-state index in [0.29, 0.717) is 0 Å². The first kappa shape index (κ1) is 8.30. The highest BCUT2D eigenvalue weighted by atomic mass is 15.2. The second kappa shape index (κ2) is 4.08. The summed E-state index contributed by atoms with van der Waals surface area (Å²) in [5.41, 5.74) is 0. The predicted octanol–water partition coefficient (Wildman–Crippen LogP) is 2.12. The Hall–Kier alpha value is -1.31. The summed E-state index contributed by atoms with van der Waals surface area (Å²) < 4.78 is 0. The molecule has 13 heavy (non-hydrogen) atoms. The Morgan fingerprint density at radius 1 is 1.00 bits per heavy atom. The molecule has 0 aromatic rings. The average molecular weight is 174 g/mol. The van der Waals surface area contributed by atoms with Gasteiger partial charge >= 0.3 is 0 Å². The highest BCUT2D eigenvalue weighted by Crippen LogP contribution is 2.09. The summed E-state index contributed by atoms with van der Waals surface area (Å²) in [6.07, 6.45) is 14.5. The molecule has 0 aliphatic carbocycles. The Bertz CT molecular complexity index is 278. The smallest absolute Gasteiger partial charge is 0.128 e. The summed E-state index contributed by atoms with van der Waals surface area (Å²) in [5, 5.41) is 0. The molecule has 2 aliphatic heterocycles. The molecular weight excluding hydrogens is 160 g/mol. The Balaban J connectivity index is 2.11. The van der Waals surface area contributed by atoms with Crippen molar-refractivity contribution in [1.29, 1.82) is 0 Å². The van der Waals surface area contributed by atoms with Crippen LogP contribution in [-0.2, 0) is 0 Å². The zero-order valence-corrected chi connectivity index (χ0v) is 7.69. The first-order valence-corrected chi connectivity index (χ1v) is 4.79. The first-order valence-electron chi connectivity index (χ1n) is 4.79. The fraction of sp³-hybridized carbons (Fsp3) is 0.364. The topological polar surface area (TPSA) is 15.6 Å². The van der Waals surface area contributed by atoms with E-state index >= 15 is 0 Å². The summed E-state index contributed by atoms with van der Waals surface area (Å²) in [6, 6.07) is 0. The maximum atomic E-state index is 4.39. The van der Waals surface area contributed by atoms with Crippen molar-refractivity contribution >= 4 is 5.84 Å². The molecule has 0 atom stereocenters. The van der Waals surface area contributed by atoms with Crippen LogP contribution in [0.25, 0.3) is 0 Å². The van der Waals surface area contributed by atoms with E-state index in [0.717, 1.165) is 18.9 Å². The van der Waals surface area contributed by atoms with Crippen molar-refractivity contribution in [2.24, 2.45) is 4.99 Å². The average Bonchev–Trinajstić information content (AvgIpc) is 2.55. The predicted molar refractivity (Wildman–Crippen MR) is 55.7 cm³/mol. The van der Waals surface area contributed by atoms with E-state index in [2.05, 4.69) is 16.0 Å². The minimum Gasteiger partial charge on any atom is -0.357 e. The zero-order valence-electron chi connectivity index (χ0n) is 7.69. The van der Waals surface area contributed by atoms with E-state index in [9.17, 15) is 0 Å². The third-order valence-electron chi connectivity index (χ3n) is 2.30. The van der Waals surface area contributed by atoms with Crippen molar-refractivity contribution in [3.05, 3.63) is 36.6 Å². The fourth-order valence-electron chi connectivity index (χ4n) is 1.62. The Morgan fingerprint density at radius 2 is 1.77 bits per heavy atom. The molecular formula is C11H14N2. The van der Waals surface area contributed by atoms with E-state index in [1.165, 1.54) is 12.8 Å². The lowest BCUT2D eigenvalue weighted by molar-refractivity contribution is 0.522. The summed E-state index contributed by atoms with van der Waals surface area (Å²) >= 11 is 0. The minimum atomic E-state index is 1.10. The highest BCUT2D eigenvalue weighted by molar-refractivity contribution is 5.93. The monoisotopic (exact) mass is 174 g/mol. The van der Waals surface area contributed by atoms with Crippen molar-refractivity contribution in [1.82, 2.24) is 4.90 Å². The largest absolute Gasteiger partial charge is 0.357 e. The van der Waals surface area contributed by atoms with Gasteiger partial charge in [0.25, 0.3) is 0 Å². The molecule has 2 nitrogen and oxygen atoms in total. The summed E-state index contributed by atoms with van der Waals surface area (Å²) in [4.78, 5) is 6.72. The lowest BCUT2D eigenvalue weighted by atomic mass is 10.3. The van der Waals surface area contributed by atoms with Gasteiger partial charge in [-0.1, -0.05) is 18.2 Å². The van der Waals surface area contributed by atoms with Crippen LogP contribution in [0.4, 0.5) is 0 Å². The third kappa shape index (κ3) is 2.08. The van der Waals surface area contributed by atoms with Gasteiger partial charge in [-0.2, -0.15) is 0 Å². The van der Waals surface area contributed by atoms with Gasteiger partial charge in [0.1, 0.15) is 5.84 Å². The molecule has 0 aromatic heterocycles. The molecule has 0 saturated carbocycles. The molecule has 2 heteroatoms. The quantitative estimate of drug-likeness (QED) is 0.549. The molecule has 0 bridgehead atoms. The van der Waals surface area contributed by atoms with Crippen molar-refractivity contribution in [3.8, 4) is 0 Å². The lowest BCUT2D eigenvalue weighted by Crippen LogP contribution is -2.25. The van der Waals surface area contributed by atoms with Gasteiger partial charge in [-0.05, 0) is 25.0 Å². The number of allylic oxidation sites excluding steroid dienone is 4. The van der Waals surface area contributed by atoms with Gasteiger partial charge in [-0.15, -0.1) is 0 Å². The molecule has 68 valence electrons. The standard InChI is InChI=1S/C11H14N2/c1-2-4-8-12-11(7-3-1)13-9-5-6-10-13/h1-4,7-8H,5-6,9-10H2. The normalized spacial score (nSPS) is 21.5. The molecule has 0 unspecified atom stereocenters. The van der Waals surface area contributed by atoms with E-state index in [1.807, 2.05) is 30.5 Å². The summed E-state index contributed by atoms with van der Waals surface area (Å²) in [7, 11) is 0. The van der Waals surface area contributed by atoms with Gasteiger partial charge in [-0.3, -0.25) is 0 Å². The van der Waals surface area contributed by atoms with Gasteiger partial charge in [0.15, 0.2) is 0 Å². The number of amidine groups is 1. The third-order valence-corrected chi connectivity index (χ3v) is 2.30. The number of hydrogen-bond acceptors (Lipinski definition) is 2. The van der Waals surface area contributed by atoms with E-state index in [-0.39, 0.29) is 0 Å². The maximum Gasteiger partial charge on any atom is 0.128 e. The van der Waals surface area contributed by atoms with Gasteiger partial charge in [0.05, 0.1) is 0 Å². The van der Waals surface area contributed by atoms with Crippen molar-refractivity contribution < 1.29 is 0 Å². The number of likely N-dealkylation sites (tertiary alicyclic amines) is 1. The minimum absolute atomic E-state index is 1.10. The van der Waals surface area contributed by atoms with E-state index < -0.39 is 0 Å². The van der Waals surface area contributed by atoms with Crippen molar-refractivity contribution in [2.75, 3.05) is 13.1 Å². The fourth-order valence-corrected chi connectivity index (χ4v) is 1.62. The van der Waals surface area contributed by atoms with Crippen LogP contribution in [0.5, 0.6) is 0 Å². The van der Waals surface area contributed by atoms with Gasteiger partial charge in [0.2, 0.25) is 0 Å². The first-order chi connectivity index (χ1) is 6.47. The van der Waals surface area contributed by atoms with Crippen LogP contribution >= 0.6 is 0 Å². The van der Waals surface area contributed by atoms with Gasteiger partial charge < -0.3 is 4.90 Å². The van der Waals surface area contributed by atoms with Crippen LogP contribution < -0.4 is 0 Å². The van der Waals surface area contributed by atoms with Crippen LogP contribution in [0.3, 0.4) is 0 Å². The molecule has 0 N–H and O–H groups in total. The van der Waals surface area contributed by atoms with Gasteiger partial charge in [-0.25, -0.2) is 4.99 Å². The van der Waals surface area contributed by atoms with Crippen LogP contribution in [0.15, 0.2) is 41.6 Å². The van der Waals surface area contributed by atoms with Crippen LogP contribution in [0.1, 0.15) is 12.8 Å². The van der Waals surface area contributed by atoms with Crippen molar-refractivity contribution in [2.45, 2.75) is 12.8 Å². The second-order valence-corrected chi connectivity index (χ2v) is 3.27. The van der Waals surface area contributed by atoms with Crippen LogP contribution in [-0.4, -0.2) is 23.8 Å². The molecule has 1 fully saturated rings. The number of aliphatic imine (C=N–C) groups is 1. The molecule has 2 rings (SSSR count). The molecule has 2 aliphatic rings. The molecule has 1 saturated heterocycles. The highest BCUT2D eigenvalue weighted by Gasteiger charge is 2.13. The second-order valence-electron chi connectivity index (χ2n) is 3.27. The molecule has 0 aromatic carbocycles. The molecule has 0 radical (unpaired) electrons. The zero-order chi connectivity index (χ0) is 8.93. The Morgan fingerprint density at radius 3 is 2.62 bits per heavy atom. The number of hydrogen-bond donors (Lipinski definition) is 0. The van der Waals surface area contributed by atoms with Crippen LogP contribution in [0.2, 0.25) is 0 Å². The molecule has 0 amide bonds. The number of rotatable bonds is 0. The maximum absolute atomic E-state index is 4.39. The Kier molecular flexibility index (Phi) is 2.60. The van der Waals surface area contributed by atoms with Crippen molar-refractivity contribution in [3.63, 3.8) is 0 Å². The SMILES string of the molecule is C1=CC=CC(N2CCCC2)=NC=C1. The molecule has 2 heterocycles. The summed E-state index contributed by atoms with van der Waals surface area (Å²) in [5.74, 6) is 1.10. The molecule has 0 spiro atoms. The lowest BCUT2D eigenvalue weighted by Gasteiger charge is -2.16.